The van der Waals surface area contributed by atoms with Crippen LogP contribution in [0.3, 0.4) is 0 Å². The van der Waals surface area contributed by atoms with E-state index in [0.717, 1.165) is 5.92 Å². The lowest BCUT2D eigenvalue weighted by molar-refractivity contribution is 0.365. The van der Waals surface area contributed by atoms with Crippen LogP contribution in [0.4, 0.5) is 0 Å². The van der Waals surface area contributed by atoms with Gasteiger partial charge in [0.2, 0.25) is 0 Å². The summed E-state index contributed by atoms with van der Waals surface area (Å²) in [5.41, 5.74) is 3.70. The molecule has 1 aliphatic carbocycles. The summed E-state index contributed by atoms with van der Waals surface area (Å²) in [6, 6.07) is 0. The van der Waals surface area contributed by atoms with Crippen LogP contribution in [0.25, 0.3) is 0 Å². The molecule has 0 nitrogen and oxygen atoms in total. The molecule has 1 saturated carbocycles. The van der Waals surface area contributed by atoms with E-state index in [1.807, 2.05) is 0 Å². The Hall–Kier alpha value is -0.00623. The fourth-order valence-corrected chi connectivity index (χ4v) is 4.30. The molecule has 0 radical (unpaired) electrons. The molecular formula is C14H28Si2. The summed E-state index contributed by atoms with van der Waals surface area (Å²) in [7, 11) is -2.22. The van der Waals surface area contributed by atoms with E-state index in [0.29, 0.717) is 0 Å². The number of hydrogen-bond donors (Lipinski definition) is 0. The molecule has 1 rings (SSSR count). The molecule has 0 atom stereocenters. The summed E-state index contributed by atoms with van der Waals surface area (Å²) in [6.45, 7) is 12.4. The lowest BCUT2D eigenvalue weighted by atomic mass is 9.87. The van der Waals surface area contributed by atoms with Crippen molar-refractivity contribution in [2.75, 3.05) is 0 Å². The SMILES string of the molecule is C[Si](C)(C)[Si](C)(C)C#CCC1CCCCC1. The van der Waals surface area contributed by atoms with Crippen molar-refractivity contribution >= 4 is 15.2 Å². The molecule has 0 unspecified atom stereocenters. The van der Waals surface area contributed by atoms with Gasteiger partial charge in [-0.1, -0.05) is 52.0 Å². The monoisotopic (exact) mass is 252 g/mol. The van der Waals surface area contributed by atoms with Crippen LogP contribution in [0.1, 0.15) is 38.5 Å². The molecule has 0 saturated heterocycles. The summed E-state index contributed by atoms with van der Waals surface area (Å²) >= 11 is 0. The normalized spacial score (nSPS) is 19.1. The highest BCUT2D eigenvalue weighted by molar-refractivity contribution is 7.43. The molecule has 16 heavy (non-hydrogen) atoms. The predicted molar refractivity (Wildman–Crippen MR) is 79.8 cm³/mol. The fourth-order valence-electron chi connectivity index (χ4n) is 2.00. The summed E-state index contributed by atoms with van der Waals surface area (Å²) in [6.07, 6.45) is 8.40. The Labute approximate surface area is 104 Å². The largest absolute Gasteiger partial charge is 0.135 e. The summed E-state index contributed by atoms with van der Waals surface area (Å²) in [4.78, 5) is 0. The molecule has 0 bridgehead atoms. The van der Waals surface area contributed by atoms with Gasteiger partial charge in [0, 0.05) is 6.42 Å². The van der Waals surface area contributed by atoms with Gasteiger partial charge in [-0.2, -0.15) is 0 Å². The van der Waals surface area contributed by atoms with Crippen molar-refractivity contribution < 1.29 is 0 Å². The Morgan fingerprint density at radius 2 is 1.50 bits per heavy atom. The molecule has 0 aliphatic heterocycles. The Balaban J connectivity index is 2.47. The maximum absolute atomic E-state index is 3.70. The number of hydrogen-bond acceptors (Lipinski definition) is 0. The minimum absolute atomic E-state index is 0.924. The van der Waals surface area contributed by atoms with Gasteiger partial charge in [0.25, 0.3) is 0 Å². The fraction of sp³-hybridized carbons (Fsp3) is 0.857. The van der Waals surface area contributed by atoms with Crippen LogP contribution in [0.15, 0.2) is 0 Å². The van der Waals surface area contributed by atoms with Gasteiger partial charge in [-0.3, -0.25) is 0 Å². The molecule has 0 aromatic heterocycles. The molecular weight excluding hydrogens is 224 g/mol. The molecule has 0 heterocycles. The van der Waals surface area contributed by atoms with E-state index in [1.54, 1.807) is 0 Å². The Morgan fingerprint density at radius 1 is 0.938 bits per heavy atom. The van der Waals surface area contributed by atoms with Crippen LogP contribution in [0, 0.1) is 17.4 Å². The Bertz CT molecular complexity index is 269. The average molecular weight is 253 g/mol. The van der Waals surface area contributed by atoms with E-state index in [4.69, 9.17) is 0 Å². The maximum Gasteiger partial charge on any atom is 0.123 e. The van der Waals surface area contributed by atoms with Gasteiger partial charge in [-0.25, -0.2) is 0 Å². The first-order valence-electron chi connectivity index (χ1n) is 6.83. The van der Waals surface area contributed by atoms with Gasteiger partial charge in [0.05, 0.1) is 7.59 Å². The van der Waals surface area contributed by atoms with Crippen LogP contribution in [0.2, 0.25) is 32.7 Å². The zero-order valence-electron chi connectivity index (χ0n) is 11.8. The minimum atomic E-state index is -1.21. The second-order valence-corrected chi connectivity index (χ2v) is 23.1. The molecule has 0 amide bonds. The van der Waals surface area contributed by atoms with E-state index in [9.17, 15) is 0 Å². The predicted octanol–water partition coefficient (Wildman–Crippen LogP) is 4.62. The van der Waals surface area contributed by atoms with Crippen molar-refractivity contribution in [2.45, 2.75) is 71.3 Å². The third-order valence-electron chi connectivity index (χ3n) is 4.39. The van der Waals surface area contributed by atoms with Crippen LogP contribution in [0.5, 0.6) is 0 Å². The van der Waals surface area contributed by atoms with Gasteiger partial charge in [-0.05, 0) is 18.8 Å². The van der Waals surface area contributed by atoms with Gasteiger partial charge >= 0.3 is 0 Å². The van der Waals surface area contributed by atoms with Crippen molar-refractivity contribution in [3.05, 3.63) is 0 Å². The topological polar surface area (TPSA) is 0 Å². The third-order valence-corrected chi connectivity index (χ3v) is 20.6. The van der Waals surface area contributed by atoms with E-state index in [1.165, 1.54) is 38.5 Å². The van der Waals surface area contributed by atoms with E-state index < -0.39 is 15.2 Å². The van der Waals surface area contributed by atoms with Gasteiger partial charge in [-0.15, -0.1) is 11.5 Å². The molecule has 1 fully saturated rings. The number of rotatable bonds is 2. The summed E-state index contributed by atoms with van der Waals surface area (Å²) in [5, 5.41) is 0. The van der Waals surface area contributed by atoms with Crippen molar-refractivity contribution in [2.24, 2.45) is 5.92 Å². The first-order valence-corrected chi connectivity index (χ1v) is 14.3. The molecule has 2 heteroatoms. The van der Waals surface area contributed by atoms with Gasteiger partial charge in [0.15, 0.2) is 0 Å². The lowest BCUT2D eigenvalue weighted by Gasteiger charge is -2.29. The standard InChI is InChI=1S/C14H28Si2/c1-15(2,3)16(4,5)13-9-12-14-10-7-6-8-11-14/h14H,6-8,10-12H2,1-5H3. The summed E-state index contributed by atoms with van der Waals surface area (Å²) in [5.74, 6) is 4.47. The van der Waals surface area contributed by atoms with Gasteiger partial charge in [0.1, 0.15) is 7.59 Å². The maximum atomic E-state index is 3.70. The van der Waals surface area contributed by atoms with Crippen molar-refractivity contribution in [1.29, 1.82) is 0 Å². The van der Waals surface area contributed by atoms with Crippen molar-refractivity contribution in [3.63, 3.8) is 0 Å². The minimum Gasteiger partial charge on any atom is -0.135 e. The van der Waals surface area contributed by atoms with E-state index in [-0.39, 0.29) is 0 Å². The van der Waals surface area contributed by atoms with Crippen LogP contribution in [-0.4, -0.2) is 15.2 Å². The average Bonchev–Trinajstić information content (AvgIpc) is 2.17. The quantitative estimate of drug-likeness (QED) is 0.497. The molecule has 0 N–H and O–H groups in total. The second kappa shape index (κ2) is 5.55. The van der Waals surface area contributed by atoms with Crippen molar-refractivity contribution in [3.8, 4) is 11.5 Å². The summed E-state index contributed by atoms with van der Waals surface area (Å²) < 4.78 is 0. The van der Waals surface area contributed by atoms with E-state index >= 15 is 0 Å². The highest BCUT2D eigenvalue weighted by Crippen LogP contribution is 2.26. The van der Waals surface area contributed by atoms with Crippen LogP contribution >= 0.6 is 0 Å². The first-order chi connectivity index (χ1) is 7.33. The Kier molecular flexibility index (Phi) is 4.88. The van der Waals surface area contributed by atoms with Crippen LogP contribution < -0.4 is 0 Å². The Morgan fingerprint density at radius 3 is 2.00 bits per heavy atom. The third kappa shape index (κ3) is 4.10. The molecule has 0 aromatic rings. The van der Waals surface area contributed by atoms with Crippen molar-refractivity contribution in [1.82, 2.24) is 0 Å². The molecule has 0 aromatic carbocycles. The highest BCUT2D eigenvalue weighted by atomic mass is 29.3. The zero-order valence-corrected chi connectivity index (χ0v) is 13.8. The molecule has 0 spiro atoms. The lowest BCUT2D eigenvalue weighted by Crippen LogP contribution is -2.51. The van der Waals surface area contributed by atoms with E-state index in [2.05, 4.69) is 44.2 Å². The first kappa shape index (κ1) is 14.1. The highest BCUT2D eigenvalue weighted by Gasteiger charge is 2.35. The second-order valence-electron chi connectivity index (χ2n) is 6.88. The molecule has 92 valence electrons. The molecule has 1 aliphatic rings. The van der Waals surface area contributed by atoms with Crippen LogP contribution in [-0.2, 0) is 0 Å². The van der Waals surface area contributed by atoms with Gasteiger partial charge < -0.3 is 0 Å². The smallest absolute Gasteiger partial charge is 0.123 e. The zero-order chi connectivity index (χ0) is 12.2.